The Kier molecular flexibility index (Phi) is 11.9. The summed E-state index contributed by atoms with van der Waals surface area (Å²) in [6.45, 7) is 0.837. The van der Waals surface area contributed by atoms with Crippen molar-refractivity contribution in [3.05, 3.63) is 0 Å². The third-order valence-electron chi connectivity index (χ3n) is 2.81. The van der Waals surface area contributed by atoms with Crippen LogP contribution in [-0.4, -0.2) is 35.1 Å². The van der Waals surface area contributed by atoms with Crippen molar-refractivity contribution >= 4 is 0 Å². The average Bonchev–Trinajstić information content (AvgIpc) is 2.25. The summed E-state index contributed by atoms with van der Waals surface area (Å²) in [5, 5.41) is 26.2. The van der Waals surface area contributed by atoms with Crippen molar-refractivity contribution in [2.24, 2.45) is 5.92 Å². The third-order valence-corrected chi connectivity index (χ3v) is 2.81. The summed E-state index contributed by atoms with van der Waals surface area (Å²) in [7, 11) is 0. The molecular weight excluding hydrogens is 192 g/mol. The molecule has 15 heavy (non-hydrogen) atoms. The summed E-state index contributed by atoms with van der Waals surface area (Å²) >= 11 is 0. The predicted molar refractivity (Wildman–Crippen MR) is 61.7 cm³/mol. The lowest BCUT2D eigenvalue weighted by Gasteiger charge is -2.15. The lowest BCUT2D eigenvalue weighted by Crippen LogP contribution is -2.03. The fourth-order valence-electron chi connectivity index (χ4n) is 1.90. The van der Waals surface area contributed by atoms with E-state index >= 15 is 0 Å². The molecule has 0 aromatic rings. The van der Waals surface area contributed by atoms with Gasteiger partial charge in [0, 0.05) is 19.8 Å². The molecule has 0 heterocycles. The van der Waals surface area contributed by atoms with E-state index in [2.05, 4.69) is 0 Å². The van der Waals surface area contributed by atoms with Gasteiger partial charge in [-0.1, -0.05) is 25.7 Å². The van der Waals surface area contributed by atoms with Crippen molar-refractivity contribution in [1.82, 2.24) is 0 Å². The second-order valence-electron chi connectivity index (χ2n) is 4.17. The molecule has 0 aliphatic rings. The number of hydrogen-bond acceptors (Lipinski definition) is 3. The number of unbranched alkanes of at least 4 members (excludes halogenated alkanes) is 2. The molecular formula is C12H26O3. The number of hydrogen-bond donors (Lipinski definition) is 3. The molecule has 0 bridgehead atoms. The molecule has 0 fully saturated rings. The van der Waals surface area contributed by atoms with E-state index in [1.807, 2.05) is 0 Å². The average molecular weight is 218 g/mol. The highest BCUT2D eigenvalue weighted by Crippen LogP contribution is 2.20. The Labute approximate surface area is 93.1 Å². The molecule has 0 aliphatic heterocycles. The zero-order valence-corrected chi connectivity index (χ0v) is 9.70. The second kappa shape index (κ2) is 12.0. The van der Waals surface area contributed by atoms with E-state index in [4.69, 9.17) is 15.3 Å². The molecule has 0 amide bonds. The maximum Gasteiger partial charge on any atom is 0.0431 e. The minimum Gasteiger partial charge on any atom is -0.396 e. The van der Waals surface area contributed by atoms with Crippen LogP contribution in [0.4, 0.5) is 0 Å². The first-order valence-corrected chi connectivity index (χ1v) is 6.17. The Morgan fingerprint density at radius 2 is 0.933 bits per heavy atom. The van der Waals surface area contributed by atoms with Crippen LogP contribution in [0.5, 0.6) is 0 Å². The maximum absolute atomic E-state index is 8.78. The summed E-state index contributed by atoms with van der Waals surface area (Å²) < 4.78 is 0. The predicted octanol–water partition coefficient (Wildman–Crippen LogP) is 1.70. The number of aliphatic hydroxyl groups is 3. The van der Waals surface area contributed by atoms with Gasteiger partial charge in [-0.25, -0.2) is 0 Å². The Morgan fingerprint density at radius 3 is 1.33 bits per heavy atom. The van der Waals surface area contributed by atoms with Gasteiger partial charge < -0.3 is 15.3 Å². The zero-order valence-electron chi connectivity index (χ0n) is 9.70. The van der Waals surface area contributed by atoms with Crippen molar-refractivity contribution in [3.63, 3.8) is 0 Å². The molecule has 3 heteroatoms. The topological polar surface area (TPSA) is 60.7 Å². The molecule has 0 radical (unpaired) electrons. The van der Waals surface area contributed by atoms with Gasteiger partial charge in [0.05, 0.1) is 0 Å². The molecule has 0 unspecified atom stereocenters. The monoisotopic (exact) mass is 218 g/mol. The number of aliphatic hydroxyl groups excluding tert-OH is 3. The quantitative estimate of drug-likeness (QED) is 0.463. The summed E-state index contributed by atoms with van der Waals surface area (Å²) in [6, 6.07) is 0. The van der Waals surface area contributed by atoms with Crippen LogP contribution in [0.3, 0.4) is 0 Å². The molecule has 0 atom stereocenters. The molecule has 0 saturated heterocycles. The summed E-state index contributed by atoms with van der Waals surface area (Å²) in [4.78, 5) is 0. The summed E-state index contributed by atoms with van der Waals surface area (Å²) in [5.41, 5.74) is 0. The third kappa shape index (κ3) is 10.2. The Hall–Kier alpha value is -0.120. The first kappa shape index (κ1) is 14.9. The van der Waals surface area contributed by atoms with Gasteiger partial charge in [0.25, 0.3) is 0 Å². The van der Waals surface area contributed by atoms with Crippen LogP contribution >= 0.6 is 0 Å². The van der Waals surface area contributed by atoms with Crippen LogP contribution in [0.2, 0.25) is 0 Å². The van der Waals surface area contributed by atoms with Crippen LogP contribution < -0.4 is 0 Å². The molecule has 0 spiro atoms. The molecule has 0 aromatic carbocycles. The highest BCUT2D eigenvalue weighted by atomic mass is 16.3. The van der Waals surface area contributed by atoms with Crippen LogP contribution in [0, 0.1) is 5.92 Å². The van der Waals surface area contributed by atoms with Gasteiger partial charge in [-0.3, -0.25) is 0 Å². The van der Waals surface area contributed by atoms with Gasteiger partial charge in [0.15, 0.2) is 0 Å². The normalized spacial score (nSPS) is 11.2. The fourth-order valence-corrected chi connectivity index (χ4v) is 1.90. The van der Waals surface area contributed by atoms with Gasteiger partial charge in [-0.2, -0.15) is 0 Å². The number of rotatable bonds is 11. The first-order valence-electron chi connectivity index (χ1n) is 6.17. The molecule has 3 N–H and O–H groups in total. The molecule has 0 aromatic heterocycles. The SMILES string of the molecule is OCCCCC(CCCO)CCCCO. The molecule has 92 valence electrons. The highest BCUT2D eigenvalue weighted by molar-refractivity contribution is 4.60. The van der Waals surface area contributed by atoms with Crippen molar-refractivity contribution in [1.29, 1.82) is 0 Å². The van der Waals surface area contributed by atoms with Gasteiger partial charge in [0.1, 0.15) is 0 Å². The van der Waals surface area contributed by atoms with Crippen LogP contribution in [0.15, 0.2) is 0 Å². The second-order valence-corrected chi connectivity index (χ2v) is 4.17. The maximum atomic E-state index is 8.78. The lowest BCUT2D eigenvalue weighted by molar-refractivity contribution is 0.245. The minimum atomic E-state index is 0.274. The highest BCUT2D eigenvalue weighted by Gasteiger charge is 2.07. The van der Waals surface area contributed by atoms with Gasteiger partial charge in [-0.15, -0.1) is 0 Å². The summed E-state index contributed by atoms with van der Waals surface area (Å²) in [5.74, 6) is 0.662. The standard InChI is InChI=1S/C12H26O3/c13-9-3-1-6-12(8-5-11-15)7-2-4-10-14/h12-15H,1-11H2. The van der Waals surface area contributed by atoms with Crippen molar-refractivity contribution in [2.45, 2.75) is 51.4 Å². The van der Waals surface area contributed by atoms with Crippen molar-refractivity contribution in [2.75, 3.05) is 19.8 Å². The molecule has 0 saturated carbocycles. The summed E-state index contributed by atoms with van der Waals surface area (Å²) in [6.07, 6.45) is 8.16. The molecule has 0 aliphatic carbocycles. The lowest BCUT2D eigenvalue weighted by atomic mass is 9.91. The van der Waals surface area contributed by atoms with E-state index in [0.29, 0.717) is 5.92 Å². The van der Waals surface area contributed by atoms with E-state index in [9.17, 15) is 0 Å². The molecule has 3 nitrogen and oxygen atoms in total. The molecule has 0 rings (SSSR count). The van der Waals surface area contributed by atoms with Crippen molar-refractivity contribution < 1.29 is 15.3 Å². The van der Waals surface area contributed by atoms with Crippen LogP contribution in [0.1, 0.15) is 51.4 Å². The largest absolute Gasteiger partial charge is 0.396 e. The van der Waals surface area contributed by atoms with Crippen molar-refractivity contribution in [3.8, 4) is 0 Å². The van der Waals surface area contributed by atoms with E-state index in [1.54, 1.807) is 0 Å². The Balaban J connectivity index is 3.53. The van der Waals surface area contributed by atoms with E-state index in [1.165, 1.54) is 0 Å². The van der Waals surface area contributed by atoms with E-state index in [0.717, 1.165) is 51.4 Å². The Bertz CT molecular complexity index is 107. The first-order chi connectivity index (χ1) is 7.35. The van der Waals surface area contributed by atoms with Crippen LogP contribution in [-0.2, 0) is 0 Å². The van der Waals surface area contributed by atoms with Gasteiger partial charge in [-0.05, 0) is 31.6 Å². The van der Waals surface area contributed by atoms with Gasteiger partial charge in [0.2, 0.25) is 0 Å². The van der Waals surface area contributed by atoms with Gasteiger partial charge >= 0.3 is 0 Å². The van der Waals surface area contributed by atoms with Crippen LogP contribution in [0.25, 0.3) is 0 Å². The van der Waals surface area contributed by atoms with E-state index < -0.39 is 0 Å². The minimum absolute atomic E-state index is 0.274. The zero-order chi connectivity index (χ0) is 11.4. The van der Waals surface area contributed by atoms with E-state index in [-0.39, 0.29) is 19.8 Å². The Morgan fingerprint density at radius 1 is 0.533 bits per heavy atom. The fraction of sp³-hybridized carbons (Fsp3) is 1.00. The smallest absolute Gasteiger partial charge is 0.0431 e.